The minimum Gasteiger partial charge on any atom is -0.481 e. The Morgan fingerprint density at radius 2 is 1.71 bits per heavy atom. The van der Waals surface area contributed by atoms with E-state index in [2.05, 4.69) is 0 Å². The van der Waals surface area contributed by atoms with Gasteiger partial charge < -0.3 is 10.2 Å². The molecule has 0 aromatic heterocycles. The van der Waals surface area contributed by atoms with Gasteiger partial charge in [0.25, 0.3) is 0 Å². The van der Waals surface area contributed by atoms with E-state index in [4.69, 9.17) is 0 Å². The van der Waals surface area contributed by atoms with Gasteiger partial charge in [0.2, 0.25) is 0 Å². The molecule has 21 heavy (non-hydrogen) atoms. The lowest BCUT2D eigenvalue weighted by atomic mass is 9.72. The molecule has 0 heterocycles. The Balaban J connectivity index is 2.10. The van der Waals surface area contributed by atoms with Crippen LogP contribution in [0.2, 0.25) is 0 Å². The highest BCUT2D eigenvalue weighted by molar-refractivity contribution is 5.78. The van der Waals surface area contributed by atoms with Crippen molar-refractivity contribution < 1.29 is 15.0 Å². The zero-order valence-electron chi connectivity index (χ0n) is 11.4. The Bertz CT molecular complexity index is 691. The van der Waals surface area contributed by atoms with Gasteiger partial charge in [0.05, 0.1) is 0 Å². The second-order valence-electron chi connectivity index (χ2n) is 5.35. The topological polar surface area (TPSA) is 57.5 Å². The van der Waals surface area contributed by atoms with Gasteiger partial charge in [0, 0.05) is 6.42 Å². The molecule has 0 spiro atoms. The van der Waals surface area contributed by atoms with Crippen LogP contribution in [0.3, 0.4) is 0 Å². The molecular formula is C18H16O3. The molecule has 2 aromatic carbocycles. The third kappa shape index (κ3) is 2.36. The maximum atomic E-state index is 11.6. The van der Waals surface area contributed by atoms with Crippen LogP contribution in [0.5, 0.6) is 0 Å². The van der Waals surface area contributed by atoms with Gasteiger partial charge in [-0.1, -0.05) is 66.7 Å². The van der Waals surface area contributed by atoms with Crippen molar-refractivity contribution in [2.75, 3.05) is 0 Å². The zero-order valence-corrected chi connectivity index (χ0v) is 11.4. The summed E-state index contributed by atoms with van der Waals surface area (Å²) in [5.74, 6) is -1.97. The van der Waals surface area contributed by atoms with Crippen molar-refractivity contribution in [2.45, 2.75) is 12.0 Å². The van der Waals surface area contributed by atoms with Crippen LogP contribution in [0.1, 0.15) is 16.7 Å². The number of carbonyl (C=O) groups is 1. The standard InChI is InChI=1S/C18H16O3/c19-17(20)16-11-10-14-8-4-5-9-15(14)18(16,21)12-13-6-2-1-3-7-13/h1-11,16,21H,12H2,(H,19,20). The first-order valence-electron chi connectivity index (χ1n) is 6.88. The van der Waals surface area contributed by atoms with Crippen molar-refractivity contribution in [2.24, 2.45) is 5.92 Å². The Morgan fingerprint density at radius 1 is 1.05 bits per heavy atom. The number of carboxylic acids is 1. The Labute approximate surface area is 123 Å². The summed E-state index contributed by atoms with van der Waals surface area (Å²) in [6.07, 6.45) is 3.62. The molecule has 0 fully saturated rings. The smallest absolute Gasteiger partial charge is 0.313 e. The van der Waals surface area contributed by atoms with Gasteiger partial charge in [0.1, 0.15) is 11.5 Å². The van der Waals surface area contributed by atoms with Crippen LogP contribution in [0.25, 0.3) is 6.08 Å². The zero-order chi connectivity index (χ0) is 14.9. The lowest BCUT2D eigenvalue weighted by molar-refractivity contribution is -0.149. The molecule has 2 unspecified atom stereocenters. The summed E-state index contributed by atoms with van der Waals surface area (Å²) in [5.41, 5.74) is 1.02. The van der Waals surface area contributed by atoms with E-state index in [1.165, 1.54) is 0 Å². The van der Waals surface area contributed by atoms with E-state index in [9.17, 15) is 15.0 Å². The maximum absolute atomic E-state index is 11.6. The van der Waals surface area contributed by atoms with Gasteiger partial charge in [-0.25, -0.2) is 0 Å². The molecule has 2 N–H and O–H groups in total. The lowest BCUT2D eigenvalue weighted by Crippen LogP contribution is -2.42. The van der Waals surface area contributed by atoms with Crippen LogP contribution >= 0.6 is 0 Å². The third-order valence-corrected chi connectivity index (χ3v) is 3.99. The summed E-state index contributed by atoms with van der Waals surface area (Å²) in [4.78, 5) is 11.6. The van der Waals surface area contributed by atoms with Crippen molar-refractivity contribution in [1.82, 2.24) is 0 Å². The summed E-state index contributed by atoms with van der Waals surface area (Å²) < 4.78 is 0. The number of benzene rings is 2. The molecule has 0 amide bonds. The predicted octanol–water partition coefficient (Wildman–Crippen LogP) is 2.84. The molecule has 1 aliphatic carbocycles. The molecule has 3 nitrogen and oxygen atoms in total. The number of fused-ring (bicyclic) bond motifs is 1. The quantitative estimate of drug-likeness (QED) is 0.909. The number of aliphatic carboxylic acids is 1. The highest BCUT2D eigenvalue weighted by Gasteiger charge is 2.44. The first-order valence-corrected chi connectivity index (χ1v) is 6.88. The van der Waals surface area contributed by atoms with E-state index < -0.39 is 17.5 Å². The van der Waals surface area contributed by atoms with Crippen molar-refractivity contribution >= 4 is 12.0 Å². The summed E-state index contributed by atoms with van der Waals surface area (Å²) in [6.45, 7) is 0. The van der Waals surface area contributed by atoms with Crippen molar-refractivity contribution in [3.05, 3.63) is 77.4 Å². The number of carboxylic acid groups (broad SMARTS) is 1. The molecule has 3 heteroatoms. The highest BCUT2D eigenvalue weighted by atomic mass is 16.4. The molecule has 0 saturated carbocycles. The second kappa shape index (κ2) is 5.19. The fraction of sp³-hybridized carbons (Fsp3) is 0.167. The van der Waals surface area contributed by atoms with Crippen LogP contribution in [-0.4, -0.2) is 16.2 Å². The monoisotopic (exact) mass is 280 g/mol. The van der Waals surface area contributed by atoms with Crippen molar-refractivity contribution in [3.8, 4) is 0 Å². The first kappa shape index (κ1) is 13.6. The van der Waals surface area contributed by atoms with Crippen LogP contribution in [0.15, 0.2) is 60.7 Å². The van der Waals surface area contributed by atoms with E-state index in [1.807, 2.05) is 48.5 Å². The van der Waals surface area contributed by atoms with E-state index >= 15 is 0 Å². The van der Waals surface area contributed by atoms with Crippen LogP contribution < -0.4 is 0 Å². The van der Waals surface area contributed by atoms with Gasteiger partial charge in [-0.3, -0.25) is 4.79 Å². The molecule has 2 atom stereocenters. The van der Waals surface area contributed by atoms with Crippen molar-refractivity contribution in [3.63, 3.8) is 0 Å². The molecule has 0 aliphatic heterocycles. The largest absolute Gasteiger partial charge is 0.481 e. The summed E-state index contributed by atoms with van der Waals surface area (Å²) in [7, 11) is 0. The van der Waals surface area contributed by atoms with Gasteiger partial charge in [0.15, 0.2) is 0 Å². The maximum Gasteiger partial charge on any atom is 0.313 e. The van der Waals surface area contributed by atoms with E-state index in [0.717, 1.165) is 11.1 Å². The fourth-order valence-corrected chi connectivity index (χ4v) is 2.96. The molecule has 0 bridgehead atoms. The lowest BCUT2D eigenvalue weighted by Gasteiger charge is -2.36. The Morgan fingerprint density at radius 3 is 2.43 bits per heavy atom. The predicted molar refractivity (Wildman–Crippen MR) is 80.6 cm³/mol. The average Bonchev–Trinajstić information content (AvgIpc) is 2.48. The van der Waals surface area contributed by atoms with Crippen LogP contribution in [0.4, 0.5) is 0 Å². The summed E-state index contributed by atoms with van der Waals surface area (Å²) in [5, 5.41) is 20.6. The molecule has 3 rings (SSSR count). The van der Waals surface area contributed by atoms with Crippen LogP contribution in [0, 0.1) is 5.92 Å². The molecule has 1 aliphatic rings. The summed E-state index contributed by atoms with van der Waals surface area (Å²) in [6, 6.07) is 16.9. The second-order valence-corrected chi connectivity index (χ2v) is 5.35. The number of hydrogen-bond donors (Lipinski definition) is 2. The third-order valence-electron chi connectivity index (χ3n) is 3.99. The number of hydrogen-bond acceptors (Lipinski definition) is 2. The van der Waals surface area contributed by atoms with Gasteiger partial charge in [-0.2, -0.15) is 0 Å². The van der Waals surface area contributed by atoms with E-state index in [0.29, 0.717) is 5.56 Å². The average molecular weight is 280 g/mol. The van der Waals surface area contributed by atoms with Gasteiger partial charge in [-0.05, 0) is 16.7 Å². The molecular weight excluding hydrogens is 264 g/mol. The van der Waals surface area contributed by atoms with E-state index in [-0.39, 0.29) is 6.42 Å². The normalized spacial score (nSPS) is 23.6. The highest BCUT2D eigenvalue weighted by Crippen LogP contribution is 2.40. The van der Waals surface area contributed by atoms with E-state index in [1.54, 1.807) is 18.2 Å². The minimum atomic E-state index is -1.43. The number of rotatable bonds is 3. The molecule has 106 valence electrons. The first-order chi connectivity index (χ1) is 10.1. The van der Waals surface area contributed by atoms with Gasteiger partial charge in [-0.15, -0.1) is 0 Å². The van der Waals surface area contributed by atoms with Crippen molar-refractivity contribution in [1.29, 1.82) is 0 Å². The number of aliphatic hydroxyl groups is 1. The molecule has 0 radical (unpaired) electrons. The minimum absolute atomic E-state index is 0.270. The van der Waals surface area contributed by atoms with Gasteiger partial charge >= 0.3 is 5.97 Å². The van der Waals surface area contributed by atoms with Crippen LogP contribution in [-0.2, 0) is 16.8 Å². The summed E-state index contributed by atoms with van der Waals surface area (Å²) >= 11 is 0. The SMILES string of the molecule is O=C(O)C1C=Cc2ccccc2C1(O)Cc1ccccc1. The molecule has 0 saturated heterocycles. The molecule has 2 aromatic rings. The Hall–Kier alpha value is -2.39. The fourth-order valence-electron chi connectivity index (χ4n) is 2.96. The Kier molecular flexibility index (Phi) is 3.35.